The summed E-state index contributed by atoms with van der Waals surface area (Å²) in [5.41, 5.74) is -0.691. The number of hydrogen-bond acceptors (Lipinski definition) is 5. The van der Waals surface area contributed by atoms with E-state index in [-0.39, 0.29) is 23.7 Å². The maximum Gasteiger partial charge on any atom is 0.408 e. The molecule has 0 aliphatic carbocycles. The third-order valence-electron chi connectivity index (χ3n) is 6.70. The van der Waals surface area contributed by atoms with Crippen LogP contribution in [0.5, 0.6) is 0 Å². The standard InChI is InChI=1S/C29H57N3O5/c1-11-13-14-15-16-17-18-22(33)25(21(7)12-2)31-26(34)23(19(3)4)30-27(35)24(20(5)6)32-28(36)37-29(8,9)10/h19-25,33H,11-18H2,1-10H3,(H,30,35)(H,31,34)(H,32,36)/t21?,22?,23?,24?,25-/m0/s1. The average molecular weight is 528 g/mol. The van der Waals surface area contributed by atoms with Crippen LogP contribution in [0.2, 0.25) is 0 Å². The Morgan fingerprint density at radius 3 is 1.73 bits per heavy atom. The van der Waals surface area contributed by atoms with Crippen LogP contribution in [-0.2, 0) is 14.3 Å². The van der Waals surface area contributed by atoms with E-state index in [9.17, 15) is 19.5 Å². The molecule has 0 aromatic rings. The van der Waals surface area contributed by atoms with E-state index in [1.807, 2.05) is 41.5 Å². The lowest BCUT2D eigenvalue weighted by Crippen LogP contribution is -2.59. The Bertz CT molecular complexity index is 675. The first-order valence-corrected chi connectivity index (χ1v) is 14.4. The predicted octanol–water partition coefficient (Wildman–Crippen LogP) is 5.32. The Labute approximate surface area is 226 Å². The summed E-state index contributed by atoms with van der Waals surface area (Å²) in [5, 5.41) is 19.5. The van der Waals surface area contributed by atoms with Crippen molar-refractivity contribution < 1.29 is 24.2 Å². The van der Waals surface area contributed by atoms with Gasteiger partial charge in [-0.2, -0.15) is 0 Å². The second-order valence-electron chi connectivity index (χ2n) is 12.1. The fourth-order valence-electron chi connectivity index (χ4n) is 4.19. The Kier molecular flexibility index (Phi) is 16.8. The fourth-order valence-corrected chi connectivity index (χ4v) is 4.19. The van der Waals surface area contributed by atoms with Crippen molar-refractivity contribution in [2.24, 2.45) is 17.8 Å². The van der Waals surface area contributed by atoms with Crippen molar-refractivity contribution in [3.05, 3.63) is 0 Å². The van der Waals surface area contributed by atoms with Gasteiger partial charge in [0.05, 0.1) is 12.1 Å². The maximum absolute atomic E-state index is 13.4. The second-order valence-corrected chi connectivity index (χ2v) is 12.1. The SMILES string of the molecule is CCCCCCCCC(O)[C@@H](NC(=O)C(NC(=O)C(NC(=O)OC(C)(C)C)C(C)C)C(C)C)C(C)CC. The summed E-state index contributed by atoms with van der Waals surface area (Å²) in [6, 6.07) is -2.05. The van der Waals surface area contributed by atoms with Gasteiger partial charge in [-0.3, -0.25) is 9.59 Å². The van der Waals surface area contributed by atoms with Gasteiger partial charge >= 0.3 is 6.09 Å². The highest BCUT2D eigenvalue weighted by Crippen LogP contribution is 2.18. The first-order valence-electron chi connectivity index (χ1n) is 14.4. The number of ether oxygens (including phenoxy) is 1. The lowest BCUT2D eigenvalue weighted by Gasteiger charge is -2.32. The number of aliphatic hydroxyl groups excluding tert-OH is 1. The van der Waals surface area contributed by atoms with Crippen molar-refractivity contribution in [1.82, 2.24) is 16.0 Å². The molecule has 0 saturated heterocycles. The monoisotopic (exact) mass is 527 g/mol. The second kappa shape index (κ2) is 17.6. The van der Waals surface area contributed by atoms with Gasteiger partial charge in [0.1, 0.15) is 17.7 Å². The van der Waals surface area contributed by atoms with E-state index >= 15 is 0 Å². The van der Waals surface area contributed by atoms with Crippen LogP contribution in [-0.4, -0.2) is 52.8 Å². The summed E-state index contributed by atoms with van der Waals surface area (Å²) in [6.07, 6.45) is 6.93. The number of rotatable bonds is 17. The molecule has 0 aliphatic rings. The molecule has 0 fully saturated rings. The molecular formula is C29H57N3O5. The Morgan fingerprint density at radius 1 is 0.757 bits per heavy atom. The highest BCUT2D eigenvalue weighted by atomic mass is 16.6. The number of amides is 3. The van der Waals surface area contributed by atoms with Crippen LogP contribution < -0.4 is 16.0 Å². The van der Waals surface area contributed by atoms with Crippen molar-refractivity contribution in [3.8, 4) is 0 Å². The molecule has 0 radical (unpaired) electrons. The van der Waals surface area contributed by atoms with Crippen molar-refractivity contribution in [2.45, 2.75) is 150 Å². The summed E-state index contributed by atoms with van der Waals surface area (Å²) in [6.45, 7) is 18.9. The first-order chi connectivity index (χ1) is 17.1. The zero-order chi connectivity index (χ0) is 28.8. The highest BCUT2D eigenvalue weighted by Gasteiger charge is 2.34. The molecule has 8 nitrogen and oxygen atoms in total. The Morgan fingerprint density at radius 2 is 1.24 bits per heavy atom. The molecule has 218 valence electrons. The van der Waals surface area contributed by atoms with Crippen LogP contribution in [0.3, 0.4) is 0 Å². The molecule has 0 aromatic carbocycles. The fraction of sp³-hybridized carbons (Fsp3) is 0.897. The quantitative estimate of drug-likeness (QED) is 0.191. The van der Waals surface area contributed by atoms with E-state index in [1.54, 1.807) is 20.8 Å². The summed E-state index contributed by atoms with van der Waals surface area (Å²) >= 11 is 0. The summed E-state index contributed by atoms with van der Waals surface area (Å²) in [5.74, 6) is -1.08. The van der Waals surface area contributed by atoms with Gasteiger partial charge in [0.2, 0.25) is 11.8 Å². The minimum Gasteiger partial charge on any atom is -0.444 e. The molecule has 0 rings (SSSR count). The molecule has 4 unspecified atom stereocenters. The number of carbonyl (C=O) groups excluding carboxylic acids is 3. The Balaban J connectivity index is 5.33. The summed E-state index contributed by atoms with van der Waals surface area (Å²) in [4.78, 5) is 38.8. The number of aliphatic hydroxyl groups is 1. The molecule has 4 N–H and O–H groups in total. The summed E-state index contributed by atoms with van der Waals surface area (Å²) < 4.78 is 5.31. The van der Waals surface area contributed by atoms with E-state index in [4.69, 9.17) is 4.74 Å². The van der Waals surface area contributed by atoms with Gasteiger partial charge < -0.3 is 25.8 Å². The van der Waals surface area contributed by atoms with Gasteiger partial charge in [0.15, 0.2) is 0 Å². The minimum absolute atomic E-state index is 0.0832. The van der Waals surface area contributed by atoms with Crippen LogP contribution in [0.15, 0.2) is 0 Å². The zero-order valence-corrected chi connectivity index (χ0v) is 25.3. The van der Waals surface area contributed by atoms with Crippen LogP contribution in [0.25, 0.3) is 0 Å². The van der Waals surface area contributed by atoms with Crippen molar-refractivity contribution >= 4 is 17.9 Å². The molecule has 5 atom stereocenters. The van der Waals surface area contributed by atoms with E-state index in [1.165, 1.54) is 19.3 Å². The van der Waals surface area contributed by atoms with E-state index in [0.717, 1.165) is 25.7 Å². The lowest BCUT2D eigenvalue weighted by atomic mass is 9.90. The van der Waals surface area contributed by atoms with Gasteiger partial charge in [-0.1, -0.05) is 93.4 Å². The van der Waals surface area contributed by atoms with Gasteiger partial charge in [0, 0.05) is 0 Å². The molecule has 8 heteroatoms. The van der Waals surface area contributed by atoms with Crippen molar-refractivity contribution in [3.63, 3.8) is 0 Å². The Hall–Kier alpha value is -1.83. The smallest absolute Gasteiger partial charge is 0.408 e. The average Bonchev–Trinajstić information content (AvgIpc) is 2.79. The third-order valence-corrected chi connectivity index (χ3v) is 6.70. The van der Waals surface area contributed by atoms with E-state index in [0.29, 0.717) is 6.42 Å². The number of carbonyl (C=O) groups is 3. The highest BCUT2D eigenvalue weighted by molar-refractivity contribution is 5.91. The number of alkyl carbamates (subject to hydrolysis) is 1. The molecule has 0 saturated carbocycles. The van der Waals surface area contributed by atoms with E-state index < -0.39 is 41.8 Å². The normalized spacial score (nSPS) is 16.0. The van der Waals surface area contributed by atoms with Crippen LogP contribution in [0.4, 0.5) is 4.79 Å². The molecule has 0 spiro atoms. The zero-order valence-electron chi connectivity index (χ0n) is 25.3. The molecule has 0 bridgehead atoms. The van der Waals surface area contributed by atoms with Gasteiger partial charge in [0.25, 0.3) is 0 Å². The predicted molar refractivity (Wildman–Crippen MR) is 150 cm³/mol. The number of nitrogens with one attached hydrogen (secondary N) is 3. The van der Waals surface area contributed by atoms with Gasteiger partial charge in [-0.25, -0.2) is 4.79 Å². The number of hydrogen-bond donors (Lipinski definition) is 4. The van der Waals surface area contributed by atoms with E-state index in [2.05, 4.69) is 22.9 Å². The first kappa shape index (κ1) is 35.2. The minimum atomic E-state index is -0.854. The maximum atomic E-state index is 13.4. The lowest BCUT2D eigenvalue weighted by molar-refractivity contribution is -0.132. The third kappa shape index (κ3) is 14.6. The summed E-state index contributed by atoms with van der Waals surface area (Å²) in [7, 11) is 0. The van der Waals surface area contributed by atoms with Crippen LogP contribution in [0.1, 0.15) is 121 Å². The van der Waals surface area contributed by atoms with Crippen LogP contribution in [0, 0.1) is 17.8 Å². The van der Waals surface area contributed by atoms with Crippen molar-refractivity contribution in [2.75, 3.05) is 0 Å². The van der Waals surface area contributed by atoms with Gasteiger partial charge in [-0.05, 0) is 44.9 Å². The molecule has 0 aromatic heterocycles. The van der Waals surface area contributed by atoms with Crippen molar-refractivity contribution in [1.29, 1.82) is 0 Å². The van der Waals surface area contributed by atoms with Crippen LogP contribution >= 0.6 is 0 Å². The molecule has 0 heterocycles. The molecule has 3 amide bonds. The largest absolute Gasteiger partial charge is 0.444 e. The molecule has 37 heavy (non-hydrogen) atoms. The molecule has 0 aliphatic heterocycles. The molecular weight excluding hydrogens is 470 g/mol. The number of unbranched alkanes of at least 4 members (excludes halogenated alkanes) is 5. The van der Waals surface area contributed by atoms with Gasteiger partial charge in [-0.15, -0.1) is 0 Å². The topological polar surface area (TPSA) is 117 Å².